The molecule has 76 valence electrons. The Morgan fingerprint density at radius 3 is 2.29 bits per heavy atom. The van der Waals surface area contributed by atoms with Crippen LogP contribution in [0.3, 0.4) is 0 Å². The first-order chi connectivity index (χ1) is 6.48. The second kappa shape index (κ2) is 4.50. The monoisotopic (exact) mass is 272 g/mol. The molecule has 0 aromatic heterocycles. The lowest BCUT2D eigenvalue weighted by molar-refractivity contribution is 0.629. The van der Waals surface area contributed by atoms with Crippen LogP contribution in [-0.4, -0.2) is 5.33 Å². The summed E-state index contributed by atoms with van der Waals surface area (Å²) in [5, 5.41) is 1.59. The molecule has 2 heteroatoms. The van der Waals surface area contributed by atoms with Gasteiger partial charge in [-0.05, 0) is 17.7 Å². The van der Waals surface area contributed by atoms with Crippen molar-refractivity contribution < 1.29 is 0 Å². The second-order valence-electron chi connectivity index (χ2n) is 3.87. The molecule has 1 aromatic carbocycles. The van der Waals surface area contributed by atoms with Gasteiger partial charge in [0.1, 0.15) is 0 Å². The van der Waals surface area contributed by atoms with Crippen LogP contribution in [0.2, 0.25) is 5.02 Å². The summed E-state index contributed by atoms with van der Waals surface area (Å²) in [6.07, 6.45) is 0. The van der Waals surface area contributed by atoms with Gasteiger partial charge in [0.05, 0.1) is 0 Å². The highest BCUT2D eigenvalue weighted by atomic mass is 79.9. The first kappa shape index (κ1) is 11.8. The van der Waals surface area contributed by atoms with Gasteiger partial charge < -0.3 is 0 Å². The molecule has 0 heterocycles. The van der Waals surface area contributed by atoms with Crippen molar-refractivity contribution in [2.75, 3.05) is 5.33 Å². The Labute approximate surface area is 99.1 Å². The maximum atomic E-state index is 5.84. The first-order valence-corrected chi connectivity index (χ1v) is 5.98. The molecule has 0 spiro atoms. The summed E-state index contributed by atoms with van der Waals surface area (Å²) < 4.78 is 0. The van der Waals surface area contributed by atoms with Gasteiger partial charge in [-0.15, -0.1) is 0 Å². The van der Waals surface area contributed by atoms with Gasteiger partial charge in [0.25, 0.3) is 0 Å². The zero-order chi connectivity index (χ0) is 10.8. The molecule has 0 bridgehead atoms. The molecular weight excluding hydrogens is 259 g/mol. The summed E-state index contributed by atoms with van der Waals surface area (Å²) in [6, 6.07) is 7.94. The van der Waals surface area contributed by atoms with Crippen LogP contribution in [0.25, 0.3) is 0 Å². The van der Waals surface area contributed by atoms with E-state index >= 15 is 0 Å². The highest BCUT2D eigenvalue weighted by Gasteiger charge is 2.22. The number of allylic oxidation sites excluding steroid dienone is 1. The predicted octanol–water partition coefficient (Wildman–Crippen LogP) is 4.57. The SMILES string of the molecule is C=C(CBr)C(C)(C)c1ccc(Cl)cc1. The summed E-state index contributed by atoms with van der Waals surface area (Å²) >= 11 is 9.28. The molecule has 0 atom stereocenters. The van der Waals surface area contributed by atoms with E-state index in [0.717, 1.165) is 10.4 Å². The summed E-state index contributed by atoms with van der Waals surface area (Å²) in [4.78, 5) is 0. The van der Waals surface area contributed by atoms with E-state index in [1.165, 1.54) is 11.1 Å². The molecule has 0 aliphatic rings. The number of alkyl halides is 1. The molecule has 0 saturated carbocycles. The fourth-order valence-electron chi connectivity index (χ4n) is 1.24. The molecule has 0 amide bonds. The van der Waals surface area contributed by atoms with E-state index in [4.69, 9.17) is 11.6 Å². The average Bonchev–Trinajstić information content (AvgIpc) is 2.17. The van der Waals surface area contributed by atoms with E-state index in [1.807, 2.05) is 12.1 Å². The Kier molecular flexibility index (Phi) is 3.79. The quantitative estimate of drug-likeness (QED) is 0.559. The highest BCUT2D eigenvalue weighted by molar-refractivity contribution is 9.09. The van der Waals surface area contributed by atoms with E-state index in [-0.39, 0.29) is 5.41 Å². The van der Waals surface area contributed by atoms with Crippen LogP contribution in [0.15, 0.2) is 36.4 Å². The predicted molar refractivity (Wildman–Crippen MR) is 67.4 cm³/mol. The van der Waals surface area contributed by atoms with Crippen LogP contribution in [0.4, 0.5) is 0 Å². The number of hydrogen-bond donors (Lipinski definition) is 0. The van der Waals surface area contributed by atoms with E-state index in [9.17, 15) is 0 Å². The van der Waals surface area contributed by atoms with Crippen LogP contribution in [-0.2, 0) is 5.41 Å². The summed E-state index contributed by atoms with van der Waals surface area (Å²) in [6.45, 7) is 8.40. The van der Waals surface area contributed by atoms with Crippen molar-refractivity contribution in [3.63, 3.8) is 0 Å². The molecule has 0 fully saturated rings. The lowest BCUT2D eigenvalue weighted by Crippen LogP contribution is -2.20. The fourth-order valence-corrected chi connectivity index (χ4v) is 2.06. The van der Waals surface area contributed by atoms with E-state index < -0.39 is 0 Å². The largest absolute Gasteiger partial charge is 0.0981 e. The standard InChI is InChI=1S/C12H14BrCl/c1-9(8-13)12(2,3)10-4-6-11(14)7-5-10/h4-7H,1,8H2,2-3H3. The maximum Gasteiger partial charge on any atom is 0.0406 e. The minimum Gasteiger partial charge on any atom is -0.0981 e. The second-order valence-corrected chi connectivity index (χ2v) is 4.87. The van der Waals surface area contributed by atoms with Crippen molar-refractivity contribution in [1.82, 2.24) is 0 Å². The molecule has 1 rings (SSSR count). The normalized spacial score (nSPS) is 11.4. The van der Waals surface area contributed by atoms with Crippen LogP contribution in [0.5, 0.6) is 0 Å². The molecule has 0 aliphatic heterocycles. The van der Waals surface area contributed by atoms with Crippen molar-refractivity contribution >= 4 is 27.5 Å². The van der Waals surface area contributed by atoms with Crippen molar-refractivity contribution in [2.24, 2.45) is 0 Å². The van der Waals surface area contributed by atoms with Gasteiger partial charge in [-0.2, -0.15) is 0 Å². The van der Waals surface area contributed by atoms with Gasteiger partial charge in [-0.1, -0.05) is 65.7 Å². The van der Waals surface area contributed by atoms with Crippen LogP contribution in [0.1, 0.15) is 19.4 Å². The van der Waals surface area contributed by atoms with E-state index in [1.54, 1.807) is 0 Å². The van der Waals surface area contributed by atoms with Crippen LogP contribution >= 0.6 is 27.5 Å². The minimum atomic E-state index is -0.00586. The summed E-state index contributed by atoms with van der Waals surface area (Å²) in [5.74, 6) is 0. The van der Waals surface area contributed by atoms with Gasteiger partial charge in [0.2, 0.25) is 0 Å². The smallest absolute Gasteiger partial charge is 0.0406 e. The van der Waals surface area contributed by atoms with Crippen LogP contribution < -0.4 is 0 Å². The zero-order valence-corrected chi connectivity index (χ0v) is 10.8. The molecule has 0 unspecified atom stereocenters. The average molecular weight is 274 g/mol. The van der Waals surface area contributed by atoms with Gasteiger partial charge in [-0.25, -0.2) is 0 Å². The third-order valence-corrected chi connectivity index (χ3v) is 3.54. The summed E-state index contributed by atoms with van der Waals surface area (Å²) in [5.41, 5.74) is 2.40. The third-order valence-electron chi connectivity index (χ3n) is 2.61. The molecule has 0 radical (unpaired) electrons. The Hall–Kier alpha value is -0.270. The van der Waals surface area contributed by atoms with Crippen molar-refractivity contribution in [2.45, 2.75) is 19.3 Å². The molecule has 0 saturated heterocycles. The maximum absolute atomic E-state index is 5.84. The fraction of sp³-hybridized carbons (Fsp3) is 0.333. The Bertz CT molecular complexity index is 325. The lowest BCUT2D eigenvalue weighted by Gasteiger charge is -2.27. The van der Waals surface area contributed by atoms with E-state index in [0.29, 0.717) is 0 Å². The van der Waals surface area contributed by atoms with Gasteiger partial charge in [0, 0.05) is 15.8 Å². The topological polar surface area (TPSA) is 0 Å². The Morgan fingerprint density at radius 2 is 1.86 bits per heavy atom. The number of rotatable bonds is 3. The zero-order valence-electron chi connectivity index (χ0n) is 8.48. The first-order valence-electron chi connectivity index (χ1n) is 4.48. The van der Waals surface area contributed by atoms with Crippen molar-refractivity contribution in [3.8, 4) is 0 Å². The lowest BCUT2D eigenvalue weighted by atomic mass is 9.79. The van der Waals surface area contributed by atoms with Gasteiger partial charge >= 0.3 is 0 Å². The number of benzene rings is 1. The van der Waals surface area contributed by atoms with Crippen molar-refractivity contribution in [1.29, 1.82) is 0 Å². The van der Waals surface area contributed by atoms with Gasteiger partial charge in [-0.3, -0.25) is 0 Å². The van der Waals surface area contributed by atoms with Gasteiger partial charge in [0.15, 0.2) is 0 Å². The molecule has 1 aromatic rings. The van der Waals surface area contributed by atoms with E-state index in [2.05, 4.69) is 48.5 Å². The number of hydrogen-bond acceptors (Lipinski definition) is 0. The summed E-state index contributed by atoms with van der Waals surface area (Å²) in [7, 11) is 0. The molecule has 0 N–H and O–H groups in total. The Balaban J connectivity index is 3.03. The minimum absolute atomic E-state index is 0.00586. The highest BCUT2D eigenvalue weighted by Crippen LogP contribution is 2.31. The molecule has 0 aliphatic carbocycles. The third kappa shape index (κ3) is 2.40. The van der Waals surface area contributed by atoms with Crippen LogP contribution in [0, 0.1) is 0 Å². The molecular formula is C12H14BrCl. The van der Waals surface area contributed by atoms with Crippen molar-refractivity contribution in [3.05, 3.63) is 47.0 Å². The number of halogens is 2. The molecule has 14 heavy (non-hydrogen) atoms. The Morgan fingerprint density at radius 1 is 1.36 bits per heavy atom. The molecule has 0 nitrogen and oxygen atoms in total.